The Morgan fingerprint density at radius 2 is 1.69 bits per heavy atom. The number of amides is 1. The van der Waals surface area contributed by atoms with Crippen molar-refractivity contribution in [3.8, 4) is 0 Å². The first-order valence-electron chi connectivity index (χ1n) is 8.79. The normalized spacial score (nSPS) is 22.8. The van der Waals surface area contributed by atoms with Gasteiger partial charge in [-0.3, -0.25) is 4.79 Å². The van der Waals surface area contributed by atoms with E-state index in [1.165, 1.54) is 11.0 Å². The van der Waals surface area contributed by atoms with E-state index in [2.05, 4.69) is 0 Å². The van der Waals surface area contributed by atoms with Crippen LogP contribution in [0.2, 0.25) is 0 Å². The Morgan fingerprint density at radius 3 is 2.23 bits per heavy atom. The molecule has 0 atom stereocenters. The number of halogens is 3. The van der Waals surface area contributed by atoms with Crippen LogP contribution in [0.5, 0.6) is 0 Å². The molecule has 4 nitrogen and oxygen atoms in total. The van der Waals surface area contributed by atoms with Crippen LogP contribution in [0.4, 0.5) is 18.9 Å². The lowest BCUT2D eigenvalue weighted by Gasteiger charge is -2.32. The van der Waals surface area contributed by atoms with Gasteiger partial charge in [0.25, 0.3) is 0 Å². The summed E-state index contributed by atoms with van der Waals surface area (Å²) in [5.74, 6) is -0.273. The summed E-state index contributed by atoms with van der Waals surface area (Å²) in [6.07, 6.45) is -2.90. The van der Waals surface area contributed by atoms with Gasteiger partial charge in [0, 0.05) is 13.0 Å². The molecule has 2 saturated heterocycles. The Labute approximate surface area is 151 Å². The molecule has 1 aromatic carbocycles. The highest BCUT2D eigenvalue weighted by atomic mass is 19.4. The molecule has 1 amide bonds. The van der Waals surface area contributed by atoms with Crippen molar-refractivity contribution in [1.29, 1.82) is 0 Å². The van der Waals surface area contributed by atoms with E-state index in [4.69, 9.17) is 9.31 Å². The maximum atomic E-state index is 13.7. The second kappa shape index (κ2) is 6.27. The Bertz CT molecular complexity index is 702. The lowest BCUT2D eigenvalue weighted by atomic mass is 9.78. The molecule has 0 aliphatic carbocycles. The molecule has 0 aromatic heterocycles. The molecule has 0 saturated carbocycles. The van der Waals surface area contributed by atoms with Crippen molar-refractivity contribution >= 4 is 24.2 Å². The molecule has 0 N–H and O–H groups in total. The number of alkyl halides is 3. The molecule has 142 valence electrons. The Hall–Kier alpha value is -1.54. The lowest BCUT2D eigenvalue weighted by molar-refractivity contribution is -0.137. The highest BCUT2D eigenvalue weighted by Crippen LogP contribution is 2.39. The number of carbonyl (C=O) groups is 1. The molecular weight excluding hydrogens is 346 g/mol. The maximum absolute atomic E-state index is 13.7. The van der Waals surface area contributed by atoms with E-state index in [1.54, 1.807) is 6.07 Å². The van der Waals surface area contributed by atoms with E-state index in [-0.39, 0.29) is 18.0 Å². The SMILES string of the molecule is CC1(C)OB(c2ccc(N3CCCCC3=O)c(C(F)(F)F)c2)OC1(C)C. The molecular formula is C18H23BF3NO3. The molecule has 0 bridgehead atoms. The number of hydrogen-bond donors (Lipinski definition) is 0. The van der Waals surface area contributed by atoms with Crippen molar-refractivity contribution in [3.63, 3.8) is 0 Å². The number of carbonyl (C=O) groups excluding carboxylic acids is 1. The van der Waals surface area contributed by atoms with E-state index >= 15 is 0 Å². The van der Waals surface area contributed by atoms with Gasteiger partial charge in [0.2, 0.25) is 5.91 Å². The summed E-state index contributed by atoms with van der Waals surface area (Å²) in [5, 5.41) is 0. The summed E-state index contributed by atoms with van der Waals surface area (Å²) in [6.45, 7) is 7.69. The summed E-state index contributed by atoms with van der Waals surface area (Å²) in [7, 11) is -0.882. The third kappa shape index (κ3) is 3.36. The number of benzene rings is 1. The minimum Gasteiger partial charge on any atom is -0.399 e. The summed E-state index contributed by atoms with van der Waals surface area (Å²) in [4.78, 5) is 13.3. The third-order valence-corrected chi connectivity index (χ3v) is 5.47. The van der Waals surface area contributed by atoms with Gasteiger partial charge >= 0.3 is 13.3 Å². The van der Waals surface area contributed by atoms with Crippen molar-refractivity contribution in [2.24, 2.45) is 0 Å². The number of piperidine rings is 1. The molecule has 3 rings (SSSR count). The van der Waals surface area contributed by atoms with Crippen LogP contribution in [0, 0.1) is 0 Å². The Kier molecular flexibility index (Phi) is 4.64. The van der Waals surface area contributed by atoms with Gasteiger partial charge in [-0.05, 0) is 58.1 Å². The van der Waals surface area contributed by atoms with Gasteiger partial charge in [0.15, 0.2) is 0 Å². The van der Waals surface area contributed by atoms with Gasteiger partial charge in [-0.15, -0.1) is 0 Å². The number of hydrogen-bond acceptors (Lipinski definition) is 3. The number of rotatable bonds is 2. The Morgan fingerprint density at radius 1 is 1.08 bits per heavy atom. The van der Waals surface area contributed by atoms with Gasteiger partial charge < -0.3 is 14.2 Å². The van der Waals surface area contributed by atoms with Crippen LogP contribution < -0.4 is 10.4 Å². The van der Waals surface area contributed by atoms with Gasteiger partial charge in [0.05, 0.1) is 22.5 Å². The van der Waals surface area contributed by atoms with Crippen molar-refractivity contribution < 1.29 is 27.3 Å². The number of nitrogens with zero attached hydrogens (tertiary/aromatic N) is 1. The van der Waals surface area contributed by atoms with Gasteiger partial charge in [-0.1, -0.05) is 6.07 Å². The largest absolute Gasteiger partial charge is 0.494 e. The Balaban J connectivity index is 1.99. The van der Waals surface area contributed by atoms with Crippen LogP contribution >= 0.6 is 0 Å². The first kappa shape index (κ1) is 19.2. The molecule has 26 heavy (non-hydrogen) atoms. The summed E-state index contributed by atoms with van der Waals surface area (Å²) in [5.41, 5.74) is -1.92. The minimum atomic E-state index is -4.58. The van der Waals surface area contributed by atoms with Crippen LogP contribution in [0.1, 0.15) is 52.5 Å². The quantitative estimate of drug-likeness (QED) is 0.749. The van der Waals surface area contributed by atoms with Crippen LogP contribution in [0.15, 0.2) is 18.2 Å². The van der Waals surface area contributed by atoms with Crippen molar-refractivity contribution in [2.45, 2.75) is 64.3 Å². The van der Waals surface area contributed by atoms with E-state index in [1.807, 2.05) is 27.7 Å². The molecule has 0 unspecified atom stereocenters. The van der Waals surface area contributed by atoms with Crippen molar-refractivity contribution in [3.05, 3.63) is 23.8 Å². The predicted octanol–water partition coefficient (Wildman–Crippen LogP) is 3.52. The van der Waals surface area contributed by atoms with Gasteiger partial charge in [-0.2, -0.15) is 13.2 Å². The van der Waals surface area contributed by atoms with E-state index in [0.29, 0.717) is 24.8 Å². The smallest absolute Gasteiger partial charge is 0.399 e. The standard InChI is InChI=1S/C18H23BF3NO3/c1-16(2)17(3,4)26-19(25-16)12-8-9-14(13(11-12)18(20,21)22)23-10-6-5-7-15(23)24/h8-9,11H,5-7,10H2,1-4H3. The second-order valence-electron chi connectivity index (χ2n) is 7.87. The molecule has 1 aromatic rings. The monoisotopic (exact) mass is 369 g/mol. The van der Waals surface area contributed by atoms with Crippen LogP contribution in [-0.4, -0.2) is 30.8 Å². The van der Waals surface area contributed by atoms with Gasteiger partial charge in [-0.25, -0.2) is 0 Å². The fraction of sp³-hybridized carbons (Fsp3) is 0.611. The molecule has 2 heterocycles. The molecule has 2 aliphatic rings. The van der Waals surface area contributed by atoms with Gasteiger partial charge in [0.1, 0.15) is 0 Å². The summed E-state index contributed by atoms with van der Waals surface area (Å²) in [6, 6.07) is 3.94. The van der Waals surface area contributed by atoms with Crippen molar-refractivity contribution in [1.82, 2.24) is 0 Å². The molecule has 0 radical (unpaired) electrons. The first-order chi connectivity index (χ1) is 11.9. The minimum absolute atomic E-state index is 0.0949. The van der Waals surface area contributed by atoms with Crippen LogP contribution in [0.3, 0.4) is 0 Å². The lowest BCUT2D eigenvalue weighted by Crippen LogP contribution is -2.41. The fourth-order valence-electron chi connectivity index (χ4n) is 3.20. The topological polar surface area (TPSA) is 38.8 Å². The average molecular weight is 369 g/mol. The molecule has 8 heteroatoms. The zero-order chi connectivity index (χ0) is 19.3. The maximum Gasteiger partial charge on any atom is 0.494 e. The third-order valence-electron chi connectivity index (χ3n) is 5.47. The zero-order valence-electron chi connectivity index (χ0n) is 15.4. The number of anilines is 1. The van der Waals surface area contributed by atoms with E-state index in [9.17, 15) is 18.0 Å². The average Bonchev–Trinajstić information content (AvgIpc) is 2.74. The van der Waals surface area contributed by atoms with E-state index in [0.717, 1.165) is 6.07 Å². The van der Waals surface area contributed by atoms with Crippen LogP contribution in [0.25, 0.3) is 0 Å². The fourth-order valence-corrected chi connectivity index (χ4v) is 3.20. The van der Waals surface area contributed by atoms with E-state index < -0.39 is 30.1 Å². The first-order valence-corrected chi connectivity index (χ1v) is 8.79. The molecule has 2 aliphatic heterocycles. The summed E-state index contributed by atoms with van der Waals surface area (Å²) >= 11 is 0. The summed E-state index contributed by atoms with van der Waals surface area (Å²) < 4.78 is 52.8. The van der Waals surface area contributed by atoms with Crippen LogP contribution in [-0.2, 0) is 20.3 Å². The highest BCUT2D eigenvalue weighted by molar-refractivity contribution is 6.62. The highest BCUT2D eigenvalue weighted by Gasteiger charge is 2.52. The predicted molar refractivity (Wildman–Crippen MR) is 93.4 cm³/mol. The van der Waals surface area contributed by atoms with Crippen molar-refractivity contribution in [2.75, 3.05) is 11.4 Å². The molecule has 2 fully saturated rings. The zero-order valence-corrected chi connectivity index (χ0v) is 15.4. The second-order valence-corrected chi connectivity index (χ2v) is 7.87. The molecule has 0 spiro atoms.